The lowest BCUT2D eigenvalue weighted by molar-refractivity contribution is -0.138. The van der Waals surface area contributed by atoms with Crippen LogP contribution in [-0.4, -0.2) is 29.8 Å². The molecule has 0 fully saturated rings. The second-order valence-electron chi connectivity index (χ2n) is 9.50. The fourth-order valence-corrected chi connectivity index (χ4v) is 3.50. The predicted molar refractivity (Wildman–Crippen MR) is 166 cm³/mol. The predicted octanol–water partition coefficient (Wildman–Crippen LogP) is 9.03. The van der Waals surface area contributed by atoms with E-state index in [4.69, 9.17) is 10.8 Å². The number of likely N-dealkylation sites (N-methyl/N-ethyl adjacent to an activating group) is 1. The largest absolute Gasteiger partial charge is 0.508 e. The van der Waals surface area contributed by atoms with Gasteiger partial charge in [-0.2, -0.15) is 13.2 Å². The highest BCUT2D eigenvalue weighted by molar-refractivity contribution is 5.66. The Bertz CT molecular complexity index is 992. The summed E-state index contributed by atoms with van der Waals surface area (Å²) >= 11 is 0. The molecule has 2 aromatic carbocycles. The molecule has 0 bridgehead atoms. The lowest BCUT2D eigenvalue weighted by Gasteiger charge is -2.13. The van der Waals surface area contributed by atoms with Gasteiger partial charge in [0.15, 0.2) is 0 Å². The van der Waals surface area contributed by atoms with Crippen molar-refractivity contribution in [2.75, 3.05) is 13.6 Å². The Hall–Kier alpha value is -3.00. The Morgan fingerprint density at radius 3 is 2.12 bits per heavy atom. The van der Waals surface area contributed by atoms with Crippen molar-refractivity contribution in [1.82, 2.24) is 5.32 Å². The number of nitrogens with two attached hydrogens (primary N) is 1. The van der Waals surface area contributed by atoms with E-state index in [9.17, 15) is 23.1 Å². The van der Waals surface area contributed by atoms with Gasteiger partial charge in [-0.1, -0.05) is 110 Å². The number of nitrogens with one attached hydrogen (secondary N) is 1. The van der Waals surface area contributed by atoms with E-state index in [0.29, 0.717) is 17.8 Å². The number of alkyl halides is 3. The molecule has 0 aliphatic carbocycles. The van der Waals surface area contributed by atoms with Crippen molar-refractivity contribution in [2.45, 2.75) is 99.1 Å². The summed E-state index contributed by atoms with van der Waals surface area (Å²) in [6.07, 6.45) is 6.33. The van der Waals surface area contributed by atoms with Gasteiger partial charge in [0.2, 0.25) is 0 Å². The number of carbonyl (C=O) groups is 1. The van der Waals surface area contributed by atoms with Crippen LogP contribution in [0.25, 0.3) is 5.70 Å². The molecule has 0 saturated carbocycles. The molecular weight excluding hydrogens is 529 g/mol. The first-order valence-electron chi connectivity index (χ1n) is 14.7. The molecule has 0 saturated heterocycles. The van der Waals surface area contributed by atoms with Crippen LogP contribution in [-0.2, 0) is 17.4 Å². The highest BCUT2D eigenvalue weighted by Crippen LogP contribution is 2.33. The summed E-state index contributed by atoms with van der Waals surface area (Å²) in [5.41, 5.74) is 7.81. The van der Waals surface area contributed by atoms with Crippen LogP contribution >= 0.6 is 0 Å². The summed E-state index contributed by atoms with van der Waals surface area (Å²) in [5.74, 6) is -0.167. The Morgan fingerprint density at radius 2 is 1.63 bits per heavy atom. The number of aliphatic carboxylic acids is 1. The third kappa shape index (κ3) is 18.9. The molecule has 0 radical (unpaired) electrons. The van der Waals surface area contributed by atoms with Crippen LogP contribution in [0.1, 0.15) is 109 Å². The van der Waals surface area contributed by atoms with Gasteiger partial charge in [0.05, 0.1) is 5.56 Å². The normalized spacial score (nSPS) is 11.6. The first-order valence-corrected chi connectivity index (χ1v) is 14.7. The average molecular weight is 583 g/mol. The van der Waals surface area contributed by atoms with Crippen molar-refractivity contribution in [1.29, 1.82) is 0 Å². The van der Waals surface area contributed by atoms with Crippen LogP contribution in [0, 0.1) is 5.92 Å². The van der Waals surface area contributed by atoms with Gasteiger partial charge in [0.1, 0.15) is 5.75 Å². The summed E-state index contributed by atoms with van der Waals surface area (Å²) in [6, 6.07) is 10.4. The molecule has 1 atom stereocenters. The Morgan fingerprint density at radius 1 is 1.02 bits per heavy atom. The maximum absolute atomic E-state index is 12.7. The standard InChI is InChI=1S/C18H19F3N2O.C10H22.C3H6O2.C2H6/c1-23-9-8-16(22)15-5-3-2-4-12(15)10-13-6-7-14(11-17(13)24)18(19,20)21;1-4-6-7-8-9-10(3)5-2;1-2-3(4)5;1-2/h2-8,11,23-24H,9-10,22H2,1H3;10H,4-9H2,1-3H3;2H2,1H3,(H,4,5);1-2H3/b16-8+;;;. The van der Waals surface area contributed by atoms with Crippen LogP contribution in [0.15, 0.2) is 48.5 Å². The lowest BCUT2D eigenvalue weighted by Crippen LogP contribution is -2.09. The van der Waals surface area contributed by atoms with Crippen LogP contribution in [0.4, 0.5) is 13.2 Å². The fourth-order valence-electron chi connectivity index (χ4n) is 3.50. The molecular formula is C33H53F3N2O3. The zero-order valence-electron chi connectivity index (χ0n) is 26.1. The maximum atomic E-state index is 12.7. The van der Waals surface area contributed by atoms with E-state index in [1.165, 1.54) is 44.6 Å². The minimum absolute atomic E-state index is 0.222. The van der Waals surface area contributed by atoms with Gasteiger partial charge in [-0.25, -0.2) is 0 Å². The van der Waals surface area contributed by atoms with Crippen LogP contribution in [0.5, 0.6) is 5.75 Å². The van der Waals surface area contributed by atoms with Crippen LogP contribution < -0.4 is 11.1 Å². The minimum atomic E-state index is -4.48. The smallest absolute Gasteiger partial charge is 0.416 e. The summed E-state index contributed by atoms with van der Waals surface area (Å²) in [5, 5.41) is 20.6. The number of halogens is 3. The van der Waals surface area contributed by atoms with Gasteiger partial charge >= 0.3 is 12.1 Å². The number of aromatic hydroxyl groups is 1. The van der Waals surface area contributed by atoms with Gasteiger partial charge in [-0.3, -0.25) is 4.79 Å². The topological polar surface area (TPSA) is 95.6 Å². The monoisotopic (exact) mass is 582 g/mol. The zero-order valence-corrected chi connectivity index (χ0v) is 26.1. The highest BCUT2D eigenvalue weighted by Gasteiger charge is 2.31. The van der Waals surface area contributed by atoms with Gasteiger partial charge in [-0.15, -0.1) is 0 Å². The van der Waals surface area contributed by atoms with Gasteiger partial charge in [0, 0.05) is 30.6 Å². The molecule has 0 spiro atoms. The summed E-state index contributed by atoms with van der Waals surface area (Å²) in [4.78, 5) is 9.37. The van der Waals surface area contributed by atoms with Crippen molar-refractivity contribution in [2.24, 2.45) is 11.7 Å². The first kappa shape index (κ1) is 40.1. The van der Waals surface area contributed by atoms with Gasteiger partial charge in [-0.05, 0) is 42.3 Å². The Balaban J connectivity index is 0. The molecule has 0 aromatic heterocycles. The molecule has 5 nitrogen and oxygen atoms in total. The third-order valence-corrected chi connectivity index (χ3v) is 6.20. The molecule has 2 aromatic rings. The van der Waals surface area contributed by atoms with E-state index in [2.05, 4.69) is 26.1 Å². The third-order valence-electron chi connectivity index (χ3n) is 6.20. The molecule has 1 unspecified atom stereocenters. The van der Waals surface area contributed by atoms with Crippen LogP contribution in [0.2, 0.25) is 0 Å². The summed E-state index contributed by atoms with van der Waals surface area (Å²) in [6.45, 7) is 13.1. The fraction of sp³-hybridized carbons (Fsp3) is 0.545. The van der Waals surface area contributed by atoms with Crippen LogP contribution in [0.3, 0.4) is 0 Å². The molecule has 0 heterocycles. The number of unbranched alkanes of at least 4 members (excludes halogenated alkanes) is 3. The summed E-state index contributed by atoms with van der Waals surface area (Å²) in [7, 11) is 1.80. The number of carboxylic acids is 1. The second-order valence-corrected chi connectivity index (χ2v) is 9.50. The molecule has 0 aliphatic heterocycles. The Labute approximate surface area is 246 Å². The van der Waals surface area contributed by atoms with Gasteiger partial charge in [0.25, 0.3) is 0 Å². The number of hydrogen-bond acceptors (Lipinski definition) is 4. The van der Waals surface area contributed by atoms with E-state index >= 15 is 0 Å². The second kappa shape index (κ2) is 23.7. The zero-order chi connectivity index (χ0) is 31.8. The number of phenolic OH excluding ortho intramolecular Hbond substituents is 1. The SMILES string of the molecule is CC.CCC(=O)O.CCCCCCC(C)CC.CNC/C=C(/N)c1ccccc1Cc1ccc(C(F)(F)F)cc1O. The van der Waals surface area contributed by atoms with Crippen molar-refractivity contribution >= 4 is 11.7 Å². The lowest BCUT2D eigenvalue weighted by atomic mass is 9.96. The minimum Gasteiger partial charge on any atom is -0.508 e. The van der Waals surface area contributed by atoms with Crippen molar-refractivity contribution in [3.8, 4) is 5.75 Å². The first-order chi connectivity index (χ1) is 19.4. The van der Waals surface area contributed by atoms with E-state index in [1.54, 1.807) is 14.0 Å². The Kier molecular flexibility index (Phi) is 23.2. The van der Waals surface area contributed by atoms with Crippen molar-refractivity contribution in [3.05, 3.63) is 70.8 Å². The number of carboxylic acid groups (broad SMARTS) is 1. The maximum Gasteiger partial charge on any atom is 0.416 e. The molecule has 41 heavy (non-hydrogen) atoms. The van der Waals surface area contributed by atoms with E-state index in [0.717, 1.165) is 29.2 Å². The van der Waals surface area contributed by atoms with E-state index in [-0.39, 0.29) is 18.6 Å². The molecule has 2 rings (SSSR count). The molecule has 5 N–H and O–H groups in total. The number of hydrogen-bond donors (Lipinski definition) is 4. The number of benzene rings is 2. The van der Waals surface area contributed by atoms with Crippen molar-refractivity contribution in [3.63, 3.8) is 0 Å². The molecule has 234 valence electrons. The molecule has 8 heteroatoms. The number of rotatable bonds is 12. The quantitative estimate of drug-likeness (QED) is 0.187. The molecule has 0 aliphatic rings. The van der Waals surface area contributed by atoms with E-state index < -0.39 is 17.7 Å². The van der Waals surface area contributed by atoms with Gasteiger partial charge < -0.3 is 21.3 Å². The highest BCUT2D eigenvalue weighted by atomic mass is 19.4. The van der Waals surface area contributed by atoms with E-state index in [1.807, 2.05) is 44.2 Å². The average Bonchev–Trinajstić information content (AvgIpc) is 2.96. The summed E-state index contributed by atoms with van der Waals surface area (Å²) < 4.78 is 38.0. The van der Waals surface area contributed by atoms with Crippen molar-refractivity contribution < 1.29 is 28.2 Å². The number of phenols is 1. The molecule has 0 amide bonds.